The highest BCUT2D eigenvalue weighted by molar-refractivity contribution is 6.10. The molecule has 0 amide bonds. The largest absolute Gasteiger partial charge is 0.310 e. The molecule has 3 nitrogen and oxygen atoms in total. The summed E-state index contributed by atoms with van der Waals surface area (Å²) in [7, 11) is 0. The van der Waals surface area contributed by atoms with Crippen LogP contribution in [0.1, 0.15) is 22.3 Å². The number of fused-ring (bicyclic) bond motifs is 3. The topological polar surface area (TPSA) is 11.4 Å². The average molecular weight is 862 g/mol. The minimum atomic E-state index is 1.07. The maximum absolute atomic E-state index is 2.39. The van der Waals surface area contributed by atoms with E-state index in [9.17, 15) is 0 Å². The van der Waals surface area contributed by atoms with Crippen LogP contribution in [0.15, 0.2) is 237 Å². The maximum atomic E-state index is 2.39. The van der Waals surface area contributed by atoms with Crippen LogP contribution in [-0.4, -0.2) is 4.57 Å². The first kappa shape index (κ1) is 41.3. The average Bonchev–Trinajstić information content (AvgIpc) is 3.70. The number of para-hydroxylation sites is 1. The molecule has 0 atom stereocenters. The molecule has 1 heterocycles. The van der Waals surface area contributed by atoms with Crippen LogP contribution in [0.2, 0.25) is 0 Å². The number of nitrogens with zero attached hydrogens (tertiary/aromatic N) is 3. The zero-order valence-electron chi connectivity index (χ0n) is 38.4. The van der Waals surface area contributed by atoms with Gasteiger partial charge < -0.3 is 14.4 Å². The van der Waals surface area contributed by atoms with Crippen molar-refractivity contribution in [1.29, 1.82) is 0 Å². The van der Waals surface area contributed by atoms with Gasteiger partial charge >= 0.3 is 0 Å². The van der Waals surface area contributed by atoms with Crippen LogP contribution >= 0.6 is 0 Å². The third-order valence-electron chi connectivity index (χ3n) is 13.0. The summed E-state index contributed by atoms with van der Waals surface area (Å²) in [5.74, 6) is 0. The van der Waals surface area contributed by atoms with Gasteiger partial charge in [0.1, 0.15) is 0 Å². The summed E-state index contributed by atoms with van der Waals surface area (Å²) in [5.41, 5.74) is 22.1. The van der Waals surface area contributed by atoms with Gasteiger partial charge in [0.2, 0.25) is 0 Å². The molecule has 322 valence electrons. The molecule has 1 aromatic heterocycles. The Hall–Kier alpha value is -8.40. The summed E-state index contributed by atoms with van der Waals surface area (Å²) in [6.45, 7) is 8.58. The number of anilines is 6. The summed E-state index contributed by atoms with van der Waals surface area (Å²) < 4.78 is 2.39. The van der Waals surface area contributed by atoms with Gasteiger partial charge in [0.25, 0.3) is 0 Å². The molecule has 0 radical (unpaired) electrons. The second-order valence-electron chi connectivity index (χ2n) is 17.8. The smallest absolute Gasteiger partial charge is 0.0541 e. The molecule has 0 spiro atoms. The molecule has 11 rings (SSSR count). The van der Waals surface area contributed by atoms with Crippen LogP contribution in [-0.2, 0) is 0 Å². The summed E-state index contributed by atoms with van der Waals surface area (Å²) in [4.78, 5) is 4.76. The van der Waals surface area contributed by atoms with Crippen molar-refractivity contribution in [3.05, 3.63) is 259 Å². The van der Waals surface area contributed by atoms with E-state index in [0.29, 0.717) is 0 Å². The van der Waals surface area contributed by atoms with Gasteiger partial charge in [-0.05, 0) is 158 Å². The number of aryl methyl sites for hydroxylation is 4. The molecule has 67 heavy (non-hydrogen) atoms. The van der Waals surface area contributed by atoms with Crippen LogP contribution in [0, 0.1) is 27.7 Å². The first-order chi connectivity index (χ1) is 32.8. The first-order valence-corrected chi connectivity index (χ1v) is 23.1. The lowest BCUT2D eigenvalue weighted by molar-refractivity contribution is 1.18. The number of benzene rings is 10. The fraction of sp³-hybridized carbons (Fsp3) is 0.0625. The molecule has 3 heteroatoms. The lowest BCUT2D eigenvalue weighted by atomic mass is 9.97. The van der Waals surface area contributed by atoms with Crippen molar-refractivity contribution in [2.45, 2.75) is 27.7 Å². The summed E-state index contributed by atoms with van der Waals surface area (Å²) in [5, 5.41) is 2.48. The SMILES string of the molecule is Cc1ccc(N(c2ccc(C)cc2)c2cc(-c3ccc(-c4ccc5c(c4)c4ccccc4n5-c4ccc(-c5ccccc5)cc4)cc3)cc(N(c3ccc(C)cc3)c3ccc(C)cc3)c2)cc1. The molecule has 0 aliphatic carbocycles. The molecule has 0 bridgehead atoms. The molecule has 0 N–H and O–H groups in total. The van der Waals surface area contributed by atoms with E-state index in [1.54, 1.807) is 0 Å². The third kappa shape index (κ3) is 8.17. The van der Waals surface area contributed by atoms with E-state index in [0.717, 1.165) is 50.9 Å². The standard InChI is InChI=1S/C64H51N3/c1-44-14-29-54(30-15-44)65(55-31-16-45(2)17-32-55)59-40-53(41-60(43-59)66(56-33-18-46(3)19-34-56)57-35-20-47(4)21-36-57)51-24-22-50(23-25-51)52-28-39-64-62(42-52)61-12-8-9-13-63(61)67(64)58-37-26-49(27-38-58)48-10-6-5-7-11-48/h5-43H,1-4H3. The second-order valence-corrected chi connectivity index (χ2v) is 17.8. The van der Waals surface area contributed by atoms with Gasteiger partial charge in [0.05, 0.1) is 11.0 Å². The van der Waals surface area contributed by atoms with Crippen molar-refractivity contribution >= 4 is 55.9 Å². The van der Waals surface area contributed by atoms with Crippen LogP contribution in [0.3, 0.4) is 0 Å². The predicted molar refractivity (Wildman–Crippen MR) is 285 cm³/mol. The van der Waals surface area contributed by atoms with Gasteiger partial charge in [0.15, 0.2) is 0 Å². The van der Waals surface area contributed by atoms with Gasteiger partial charge in [-0.1, -0.05) is 162 Å². The number of hydrogen-bond donors (Lipinski definition) is 0. The Balaban J connectivity index is 1.03. The predicted octanol–water partition coefficient (Wildman–Crippen LogP) is 18.0. The van der Waals surface area contributed by atoms with Gasteiger partial charge in [-0.25, -0.2) is 0 Å². The Morgan fingerprint density at radius 2 is 0.627 bits per heavy atom. The van der Waals surface area contributed by atoms with Crippen molar-refractivity contribution < 1.29 is 0 Å². The van der Waals surface area contributed by atoms with Crippen molar-refractivity contribution in [1.82, 2.24) is 4.57 Å². The molecule has 11 aromatic rings. The Morgan fingerprint density at radius 3 is 1.12 bits per heavy atom. The van der Waals surface area contributed by atoms with Gasteiger partial charge in [-0.2, -0.15) is 0 Å². The highest BCUT2D eigenvalue weighted by Gasteiger charge is 2.20. The van der Waals surface area contributed by atoms with Gasteiger partial charge in [0, 0.05) is 50.6 Å². The van der Waals surface area contributed by atoms with Gasteiger partial charge in [-0.15, -0.1) is 0 Å². The molecule has 10 aromatic carbocycles. The fourth-order valence-electron chi connectivity index (χ4n) is 9.41. The van der Waals surface area contributed by atoms with E-state index in [-0.39, 0.29) is 0 Å². The minimum Gasteiger partial charge on any atom is -0.310 e. The molecule has 0 saturated carbocycles. The van der Waals surface area contributed by atoms with E-state index in [1.165, 1.54) is 66.3 Å². The van der Waals surface area contributed by atoms with E-state index < -0.39 is 0 Å². The van der Waals surface area contributed by atoms with E-state index in [4.69, 9.17) is 0 Å². The van der Waals surface area contributed by atoms with E-state index in [2.05, 4.69) is 279 Å². The zero-order valence-corrected chi connectivity index (χ0v) is 38.4. The molecule has 0 unspecified atom stereocenters. The quantitative estimate of drug-likeness (QED) is 0.136. The zero-order chi connectivity index (χ0) is 45.4. The van der Waals surface area contributed by atoms with Crippen LogP contribution in [0.25, 0.3) is 60.9 Å². The van der Waals surface area contributed by atoms with Crippen LogP contribution in [0.4, 0.5) is 34.1 Å². The molecule has 0 saturated heterocycles. The molecular formula is C64H51N3. The first-order valence-electron chi connectivity index (χ1n) is 23.1. The summed E-state index contributed by atoms with van der Waals surface area (Å²) >= 11 is 0. The molecule has 0 aliphatic rings. The lowest BCUT2D eigenvalue weighted by Crippen LogP contribution is -2.13. The Bertz CT molecular complexity index is 3290. The highest BCUT2D eigenvalue weighted by atomic mass is 15.2. The summed E-state index contributed by atoms with van der Waals surface area (Å²) in [6, 6.07) is 86.7. The van der Waals surface area contributed by atoms with Crippen molar-refractivity contribution in [2.75, 3.05) is 9.80 Å². The third-order valence-corrected chi connectivity index (χ3v) is 13.0. The van der Waals surface area contributed by atoms with Crippen molar-refractivity contribution in [3.8, 4) is 39.1 Å². The van der Waals surface area contributed by atoms with E-state index >= 15 is 0 Å². The Morgan fingerprint density at radius 1 is 0.254 bits per heavy atom. The normalized spacial score (nSPS) is 11.3. The molecule has 0 fully saturated rings. The van der Waals surface area contributed by atoms with Crippen molar-refractivity contribution in [3.63, 3.8) is 0 Å². The lowest BCUT2D eigenvalue weighted by Gasteiger charge is -2.30. The second kappa shape index (κ2) is 17.5. The number of hydrogen-bond acceptors (Lipinski definition) is 2. The maximum Gasteiger partial charge on any atom is 0.0541 e. The monoisotopic (exact) mass is 861 g/mol. The molecule has 0 aliphatic heterocycles. The minimum absolute atomic E-state index is 1.07. The van der Waals surface area contributed by atoms with E-state index in [1.807, 2.05) is 0 Å². The number of aromatic nitrogens is 1. The van der Waals surface area contributed by atoms with Gasteiger partial charge in [-0.3, -0.25) is 0 Å². The number of rotatable bonds is 10. The molecular weight excluding hydrogens is 811 g/mol. The van der Waals surface area contributed by atoms with Crippen molar-refractivity contribution in [2.24, 2.45) is 0 Å². The Kier molecular flexibility index (Phi) is 10.8. The van der Waals surface area contributed by atoms with Crippen LogP contribution in [0.5, 0.6) is 0 Å². The van der Waals surface area contributed by atoms with Crippen LogP contribution < -0.4 is 9.80 Å². The Labute approximate surface area is 394 Å². The summed E-state index contributed by atoms with van der Waals surface area (Å²) in [6.07, 6.45) is 0. The fourth-order valence-corrected chi connectivity index (χ4v) is 9.41. The highest BCUT2D eigenvalue weighted by Crippen LogP contribution is 2.44.